The van der Waals surface area contributed by atoms with Crippen molar-refractivity contribution in [2.75, 3.05) is 53.0 Å². The van der Waals surface area contributed by atoms with Crippen molar-refractivity contribution in [1.29, 1.82) is 0 Å². The summed E-state index contributed by atoms with van der Waals surface area (Å²) in [5.41, 5.74) is 1.20. The Labute approximate surface area is 170 Å². The highest BCUT2D eigenvalue weighted by atomic mass is 16.5. The Morgan fingerprint density at radius 1 is 1.11 bits per heavy atom. The van der Waals surface area contributed by atoms with E-state index in [4.69, 9.17) is 9.47 Å². The molecule has 0 spiro atoms. The highest BCUT2D eigenvalue weighted by Crippen LogP contribution is 2.28. The summed E-state index contributed by atoms with van der Waals surface area (Å²) in [6.07, 6.45) is 3.68. The van der Waals surface area contributed by atoms with Crippen LogP contribution in [0.15, 0.2) is 29.3 Å². The van der Waals surface area contributed by atoms with Crippen molar-refractivity contribution < 1.29 is 9.47 Å². The molecule has 1 aromatic carbocycles. The summed E-state index contributed by atoms with van der Waals surface area (Å²) < 4.78 is 11.5. The first-order valence-corrected chi connectivity index (χ1v) is 10.7. The lowest BCUT2D eigenvalue weighted by molar-refractivity contribution is 0.123. The molecule has 1 saturated carbocycles. The van der Waals surface area contributed by atoms with Gasteiger partial charge in [-0.15, -0.1) is 0 Å². The zero-order chi connectivity index (χ0) is 20.0. The van der Waals surface area contributed by atoms with Crippen molar-refractivity contribution in [3.63, 3.8) is 0 Å². The van der Waals surface area contributed by atoms with Crippen LogP contribution < -0.4 is 15.4 Å². The molecule has 6 heteroatoms. The molecule has 1 aliphatic rings. The van der Waals surface area contributed by atoms with Crippen LogP contribution in [0.4, 0.5) is 0 Å². The minimum Gasteiger partial charge on any atom is -0.492 e. The number of nitrogens with zero attached hydrogens (tertiary/aromatic N) is 2. The van der Waals surface area contributed by atoms with Crippen LogP contribution in [0.2, 0.25) is 0 Å². The lowest BCUT2D eigenvalue weighted by Gasteiger charge is -2.18. The molecule has 28 heavy (non-hydrogen) atoms. The van der Waals surface area contributed by atoms with Gasteiger partial charge in [0, 0.05) is 39.9 Å². The minimum atomic E-state index is 0.722. The molecule has 2 rings (SSSR count). The standard InChI is InChI=1S/C22H38N4O2/c1-4-26(5-2)14-16-28-21-11-9-19(10-12-21)17-25-22(23-3)24-13-6-15-27-18-20-7-8-20/h9-12,20H,4-8,13-18H2,1-3H3,(H2,23,24,25). The number of aliphatic imine (C=N–C) groups is 1. The molecule has 158 valence electrons. The summed E-state index contributed by atoms with van der Waals surface area (Å²) in [6, 6.07) is 8.26. The van der Waals surface area contributed by atoms with E-state index in [1.807, 2.05) is 12.1 Å². The summed E-state index contributed by atoms with van der Waals surface area (Å²) in [6.45, 7) is 11.5. The van der Waals surface area contributed by atoms with Crippen molar-refractivity contribution in [3.05, 3.63) is 29.8 Å². The fourth-order valence-corrected chi connectivity index (χ4v) is 2.86. The van der Waals surface area contributed by atoms with Crippen LogP contribution in [0.5, 0.6) is 5.75 Å². The number of hydrogen-bond acceptors (Lipinski definition) is 4. The second kappa shape index (κ2) is 13.4. The number of rotatable bonds is 14. The van der Waals surface area contributed by atoms with Crippen LogP contribution >= 0.6 is 0 Å². The van der Waals surface area contributed by atoms with Crippen LogP contribution in [-0.2, 0) is 11.3 Å². The first-order valence-electron chi connectivity index (χ1n) is 10.7. The summed E-state index contributed by atoms with van der Waals surface area (Å²) in [4.78, 5) is 6.63. The van der Waals surface area contributed by atoms with Crippen LogP contribution in [0, 0.1) is 5.92 Å². The molecule has 0 aliphatic heterocycles. The molecule has 1 aliphatic carbocycles. The lowest BCUT2D eigenvalue weighted by atomic mass is 10.2. The Morgan fingerprint density at radius 2 is 1.86 bits per heavy atom. The van der Waals surface area contributed by atoms with E-state index in [2.05, 4.69) is 46.5 Å². The van der Waals surface area contributed by atoms with Gasteiger partial charge < -0.3 is 25.0 Å². The number of likely N-dealkylation sites (N-methyl/N-ethyl adjacent to an activating group) is 1. The Balaban J connectivity index is 1.58. The monoisotopic (exact) mass is 390 g/mol. The lowest BCUT2D eigenvalue weighted by Crippen LogP contribution is -2.37. The van der Waals surface area contributed by atoms with E-state index >= 15 is 0 Å². The fraction of sp³-hybridized carbons (Fsp3) is 0.682. The molecular formula is C22H38N4O2. The number of ether oxygens (including phenoxy) is 2. The summed E-state index contributed by atoms with van der Waals surface area (Å²) >= 11 is 0. The summed E-state index contributed by atoms with van der Waals surface area (Å²) in [5.74, 6) is 2.58. The number of guanidine groups is 1. The van der Waals surface area contributed by atoms with Gasteiger partial charge in [-0.2, -0.15) is 0 Å². The normalized spacial score (nSPS) is 14.4. The predicted octanol–water partition coefficient (Wildman–Crippen LogP) is 2.89. The Morgan fingerprint density at radius 3 is 2.50 bits per heavy atom. The quantitative estimate of drug-likeness (QED) is 0.291. The third kappa shape index (κ3) is 9.42. The highest BCUT2D eigenvalue weighted by Gasteiger charge is 2.20. The van der Waals surface area contributed by atoms with Gasteiger partial charge >= 0.3 is 0 Å². The van der Waals surface area contributed by atoms with E-state index in [1.165, 1.54) is 18.4 Å². The molecule has 0 aromatic heterocycles. The molecule has 0 amide bonds. The SMILES string of the molecule is CCN(CC)CCOc1ccc(CNC(=NC)NCCCOCC2CC2)cc1. The van der Waals surface area contributed by atoms with E-state index in [0.29, 0.717) is 0 Å². The first-order chi connectivity index (χ1) is 13.7. The second-order valence-electron chi connectivity index (χ2n) is 7.24. The topological polar surface area (TPSA) is 58.1 Å². The first kappa shape index (κ1) is 22.5. The van der Waals surface area contributed by atoms with E-state index in [-0.39, 0.29) is 0 Å². The average Bonchev–Trinajstić information content (AvgIpc) is 3.55. The molecular weight excluding hydrogens is 352 g/mol. The smallest absolute Gasteiger partial charge is 0.191 e. The van der Waals surface area contributed by atoms with Gasteiger partial charge in [0.05, 0.1) is 0 Å². The molecule has 0 radical (unpaired) electrons. The number of benzene rings is 1. The van der Waals surface area contributed by atoms with Crippen molar-refractivity contribution in [2.45, 2.75) is 39.7 Å². The average molecular weight is 391 g/mol. The highest BCUT2D eigenvalue weighted by molar-refractivity contribution is 5.79. The van der Waals surface area contributed by atoms with E-state index in [1.54, 1.807) is 7.05 Å². The van der Waals surface area contributed by atoms with Gasteiger partial charge in [0.25, 0.3) is 0 Å². The molecule has 0 heterocycles. The third-order valence-electron chi connectivity index (χ3n) is 4.99. The van der Waals surface area contributed by atoms with Crippen LogP contribution in [0.25, 0.3) is 0 Å². The Hall–Kier alpha value is -1.79. The van der Waals surface area contributed by atoms with Gasteiger partial charge in [-0.1, -0.05) is 26.0 Å². The molecule has 2 N–H and O–H groups in total. The van der Waals surface area contributed by atoms with E-state index in [9.17, 15) is 0 Å². The van der Waals surface area contributed by atoms with Crippen molar-refractivity contribution in [1.82, 2.24) is 15.5 Å². The summed E-state index contributed by atoms with van der Waals surface area (Å²) in [7, 11) is 1.80. The molecule has 1 aromatic rings. The van der Waals surface area contributed by atoms with Crippen molar-refractivity contribution in [2.24, 2.45) is 10.9 Å². The van der Waals surface area contributed by atoms with Gasteiger partial charge in [-0.3, -0.25) is 4.99 Å². The molecule has 0 atom stereocenters. The minimum absolute atomic E-state index is 0.722. The second-order valence-corrected chi connectivity index (χ2v) is 7.24. The van der Waals surface area contributed by atoms with Crippen LogP contribution in [0.3, 0.4) is 0 Å². The van der Waals surface area contributed by atoms with Gasteiger partial charge in [-0.25, -0.2) is 0 Å². The van der Waals surface area contributed by atoms with Crippen molar-refractivity contribution in [3.8, 4) is 5.75 Å². The maximum Gasteiger partial charge on any atom is 0.191 e. The van der Waals surface area contributed by atoms with Crippen LogP contribution in [0.1, 0.15) is 38.7 Å². The summed E-state index contributed by atoms with van der Waals surface area (Å²) in [5, 5.41) is 6.68. The zero-order valence-corrected chi connectivity index (χ0v) is 17.9. The molecule has 6 nitrogen and oxygen atoms in total. The largest absolute Gasteiger partial charge is 0.492 e. The van der Waals surface area contributed by atoms with Gasteiger partial charge in [-0.05, 0) is 56.0 Å². The molecule has 0 bridgehead atoms. The Bertz CT molecular complexity index is 554. The van der Waals surface area contributed by atoms with Gasteiger partial charge in [0.1, 0.15) is 12.4 Å². The number of nitrogens with one attached hydrogen (secondary N) is 2. The molecule has 0 unspecified atom stereocenters. The maximum absolute atomic E-state index is 5.84. The van der Waals surface area contributed by atoms with Crippen LogP contribution in [-0.4, -0.2) is 63.9 Å². The van der Waals surface area contributed by atoms with Gasteiger partial charge in [0.15, 0.2) is 5.96 Å². The third-order valence-corrected chi connectivity index (χ3v) is 4.99. The molecule has 1 fully saturated rings. The van der Waals surface area contributed by atoms with Gasteiger partial charge in [0.2, 0.25) is 0 Å². The van der Waals surface area contributed by atoms with Crippen molar-refractivity contribution >= 4 is 5.96 Å². The van der Waals surface area contributed by atoms with E-state index in [0.717, 1.165) is 76.6 Å². The maximum atomic E-state index is 5.84. The zero-order valence-electron chi connectivity index (χ0n) is 17.9. The Kier molecular flexibility index (Phi) is 10.8. The number of hydrogen-bond donors (Lipinski definition) is 2. The predicted molar refractivity (Wildman–Crippen MR) is 116 cm³/mol. The molecule has 0 saturated heterocycles. The fourth-order valence-electron chi connectivity index (χ4n) is 2.86. The van der Waals surface area contributed by atoms with E-state index < -0.39 is 0 Å².